The third-order valence-corrected chi connectivity index (χ3v) is 7.11. The Kier molecular flexibility index (Phi) is 5.55. The largest absolute Gasteiger partial charge is 0.404 e. The number of rotatable bonds is 5. The van der Waals surface area contributed by atoms with Gasteiger partial charge >= 0.3 is 6.18 Å². The zero-order valence-corrected chi connectivity index (χ0v) is 18.3. The first-order valence-electron chi connectivity index (χ1n) is 9.24. The van der Waals surface area contributed by atoms with E-state index >= 15 is 0 Å². The second kappa shape index (κ2) is 7.94. The van der Waals surface area contributed by atoms with Crippen molar-refractivity contribution in [2.24, 2.45) is 0 Å². The van der Waals surface area contributed by atoms with Gasteiger partial charge in [0.25, 0.3) is 0 Å². The standard InChI is InChI=1S/C20H16F4N4O2S2/c1-11-7-17-13(8-15(11)21)9-18(28(17)19-25-5-6-31-19)16-4-3-14(10-26-16)32(29,30)27-12(2)20(22,23)24/h3-10,12,27H,1-2H3/t12-/m0/s1. The summed E-state index contributed by atoms with van der Waals surface area (Å²) >= 11 is 1.35. The number of thiazole rings is 1. The van der Waals surface area contributed by atoms with Gasteiger partial charge in [-0.1, -0.05) is 0 Å². The molecule has 0 aliphatic rings. The fraction of sp³-hybridized carbons (Fsp3) is 0.200. The Morgan fingerprint density at radius 3 is 2.50 bits per heavy atom. The Morgan fingerprint density at radius 2 is 1.91 bits per heavy atom. The maximum absolute atomic E-state index is 14.1. The second-order valence-electron chi connectivity index (χ2n) is 7.10. The molecular weight excluding hydrogens is 468 g/mol. The van der Waals surface area contributed by atoms with Crippen molar-refractivity contribution in [2.45, 2.75) is 31.0 Å². The Hall–Kier alpha value is -2.83. The lowest BCUT2D eigenvalue weighted by Gasteiger charge is -2.17. The number of hydrogen-bond acceptors (Lipinski definition) is 5. The van der Waals surface area contributed by atoms with Crippen LogP contribution in [0.3, 0.4) is 0 Å². The topological polar surface area (TPSA) is 76.9 Å². The number of aromatic nitrogens is 3. The van der Waals surface area contributed by atoms with Crippen molar-refractivity contribution in [3.05, 3.63) is 59.5 Å². The number of benzene rings is 1. The van der Waals surface area contributed by atoms with Crippen LogP contribution in [-0.2, 0) is 10.0 Å². The van der Waals surface area contributed by atoms with Gasteiger partial charge in [0.1, 0.15) is 16.8 Å². The number of nitrogens with zero attached hydrogens (tertiary/aromatic N) is 3. The van der Waals surface area contributed by atoms with Crippen LogP contribution in [0, 0.1) is 12.7 Å². The van der Waals surface area contributed by atoms with Gasteiger partial charge in [-0.15, -0.1) is 11.3 Å². The quantitative estimate of drug-likeness (QED) is 0.412. The Balaban J connectivity index is 1.78. The molecular formula is C20H16F4N4O2S2. The number of alkyl halides is 3. The first kappa shape index (κ1) is 22.4. The van der Waals surface area contributed by atoms with Gasteiger partial charge in [0.15, 0.2) is 5.13 Å². The van der Waals surface area contributed by atoms with Crippen LogP contribution >= 0.6 is 11.3 Å². The van der Waals surface area contributed by atoms with E-state index in [-0.39, 0.29) is 5.82 Å². The molecule has 32 heavy (non-hydrogen) atoms. The zero-order valence-electron chi connectivity index (χ0n) is 16.7. The molecule has 1 N–H and O–H groups in total. The minimum absolute atomic E-state index is 0.345. The SMILES string of the molecule is Cc1cc2c(cc1F)cc(-c1ccc(S(=O)(=O)N[C@@H](C)C(F)(F)F)cn1)n2-c1nccs1. The molecule has 0 fully saturated rings. The Morgan fingerprint density at radius 1 is 1.16 bits per heavy atom. The van der Waals surface area contributed by atoms with E-state index in [2.05, 4.69) is 9.97 Å². The molecule has 0 bridgehead atoms. The Bertz CT molecular complexity index is 1380. The fourth-order valence-electron chi connectivity index (χ4n) is 3.11. The van der Waals surface area contributed by atoms with E-state index in [0.29, 0.717) is 39.9 Å². The van der Waals surface area contributed by atoms with Gasteiger partial charge < -0.3 is 0 Å². The molecule has 6 nitrogen and oxygen atoms in total. The summed E-state index contributed by atoms with van der Waals surface area (Å²) in [4.78, 5) is 8.06. The third-order valence-electron chi connectivity index (χ3n) is 4.82. The van der Waals surface area contributed by atoms with E-state index in [4.69, 9.17) is 0 Å². The molecule has 4 aromatic rings. The predicted octanol–water partition coefficient (Wildman–Crippen LogP) is 4.83. The van der Waals surface area contributed by atoms with Crippen molar-refractivity contribution >= 4 is 32.3 Å². The van der Waals surface area contributed by atoms with Crippen LogP contribution in [-0.4, -0.2) is 35.2 Å². The zero-order chi connectivity index (χ0) is 23.3. The lowest BCUT2D eigenvalue weighted by Crippen LogP contribution is -2.42. The summed E-state index contributed by atoms with van der Waals surface area (Å²) in [6, 6.07) is 5.06. The number of aryl methyl sites for hydroxylation is 1. The Labute approximate surface area is 184 Å². The van der Waals surface area contributed by atoms with E-state index < -0.39 is 27.1 Å². The van der Waals surface area contributed by atoms with Gasteiger partial charge in [0.2, 0.25) is 10.0 Å². The van der Waals surface area contributed by atoms with Crippen molar-refractivity contribution in [3.8, 4) is 16.5 Å². The van der Waals surface area contributed by atoms with Crippen LogP contribution in [0.2, 0.25) is 0 Å². The van der Waals surface area contributed by atoms with Crippen molar-refractivity contribution in [1.82, 2.24) is 19.3 Å². The van der Waals surface area contributed by atoms with Crippen LogP contribution in [0.15, 0.2) is 53.0 Å². The molecule has 0 saturated carbocycles. The molecule has 0 aliphatic heterocycles. The van der Waals surface area contributed by atoms with E-state index in [0.717, 1.165) is 6.20 Å². The fourth-order valence-corrected chi connectivity index (χ4v) is 4.95. The lowest BCUT2D eigenvalue weighted by atomic mass is 10.1. The molecule has 1 aromatic carbocycles. The molecule has 3 heterocycles. The lowest BCUT2D eigenvalue weighted by molar-refractivity contribution is -0.147. The summed E-state index contributed by atoms with van der Waals surface area (Å²) in [6.45, 7) is 2.35. The van der Waals surface area contributed by atoms with Gasteiger partial charge in [-0.3, -0.25) is 9.55 Å². The third kappa shape index (κ3) is 4.12. The summed E-state index contributed by atoms with van der Waals surface area (Å²) in [5.74, 6) is -0.375. The van der Waals surface area contributed by atoms with Gasteiger partial charge in [-0.2, -0.15) is 17.9 Å². The molecule has 0 radical (unpaired) electrons. The highest BCUT2D eigenvalue weighted by Crippen LogP contribution is 2.33. The normalized spacial score (nSPS) is 13.6. The first-order valence-corrected chi connectivity index (χ1v) is 11.6. The van der Waals surface area contributed by atoms with Crippen LogP contribution in [0.5, 0.6) is 0 Å². The summed E-state index contributed by atoms with van der Waals surface area (Å²) in [7, 11) is -4.43. The molecule has 0 amide bonds. The number of halogens is 4. The molecule has 4 rings (SSSR count). The number of pyridine rings is 1. The summed E-state index contributed by atoms with van der Waals surface area (Å²) in [6.07, 6.45) is -2.12. The molecule has 3 aromatic heterocycles. The highest BCUT2D eigenvalue weighted by atomic mass is 32.2. The monoisotopic (exact) mass is 484 g/mol. The molecule has 0 aliphatic carbocycles. The minimum Gasteiger partial charge on any atom is -0.284 e. The van der Waals surface area contributed by atoms with Gasteiger partial charge in [-0.25, -0.2) is 17.8 Å². The van der Waals surface area contributed by atoms with Crippen LogP contribution in [0.4, 0.5) is 17.6 Å². The van der Waals surface area contributed by atoms with Gasteiger partial charge in [0.05, 0.1) is 16.9 Å². The van der Waals surface area contributed by atoms with Gasteiger partial charge in [0, 0.05) is 23.2 Å². The molecule has 0 unspecified atom stereocenters. The summed E-state index contributed by atoms with van der Waals surface area (Å²) in [5.41, 5.74) is 2.00. The average Bonchev–Trinajstić information content (AvgIpc) is 3.35. The van der Waals surface area contributed by atoms with Gasteiger partial charge in [-0.05, 0) is 49.7 Å². The number of hydrogen-bond donors (Lipinski definition) is 1. The summed E-state index contributed by atoms with van der Waals surface area (Å²) in [5, 5.41) is 2.97. The van der Waals surface area contributed by atoms with Crippen LogP contribution in [0.1, 0.15) is 12.5 Å². The van der Waals surface area contributed by atoms with E-state index in [1.165, 1.54) is 29.5 Å². The minimum atomic E-state index is -4.72. The highest BCUT2D eigenvalue weighted by molar-refractivity contribution is 7.89. The van der Waals surface area contributed by atoms with E-state index in [1.54, 1.807) is 39.9 Å². The van der Waals surface area contributed by atoms with E-state index in [1.807, 2.05) is 0 Å². The molecule has 0 spiro atoms. The first-order chi connectivity index (χ1) is 15.0. The van der Waals surface area contributed by atoms with Crippen molar-refractivity contribution in [2.75, 3.05) is 0 Å². The van der Waals surface area contributed by atoms with Crippen molar-refractivity contribution in [3.63, 3.8) is 0 Å². The smallest absolute Gasteiger partial charge is 0.284 e. The second-order valence-corrected chi connectivity index (χ2v) is 9.69. The van der Waals surface area contributed by atoms with Crippen LogP contribution < -0.4 is 4.72 Å². The molecule has 1 atom stereocenters. The maximum atomic E-state index is 14.1. The number of nitrogens with one attached hydrogen (secondary N) is 1. The maximum Gasteiger partial charge on any atom is 0.404 e. The predicted molar refractivity (Wildman–Crippen MR) is 113 cm³/mol. The average molecular weight is 485 g/mol. The molecule has 12 heteroatoms. The molecule has 168 valence electrons. The molecule has 0 saturated heterocycles. The van der Waals surface area contributed by atoms with Crippen LogP contribution in [0.25, 0.3) is 27.4 Å². The van der Waals surface area contributed by atoms with Crippen molar-refractivity contribution < 1.29 is 26.0 Å². The number of sulfonamides is 1. The summed E-state index contributed by atoms with van der Waals surface area (Å²) < 4.78 is 80.3. The van der Waals surface area contributed by atoms with E-state index in [9.17, 15) is 26.0 Å². The van der Waals surface area contributed by atoms with Crippen molar-refractivity contribution in [1.29, 1.82) is 0 Å². The number of fused-ring (bicyclic) bond motifs is 1. The highest BCUT2D eigenvalue weighted by Gasteiger charge is 2.39.